The van der Waals surface area contributed by atoms with Crippen molar-refractivity contribution in [3.63, 3.8) is 0 Å². The Labute approximate surface area is 169 Å². The molecular weight excluding hydrogens is 373 g/mol. The lowest BCUT2D eigenvalue weighted by atomic mass is 9.95. The van der Waals surface area contributed by atoms with Crippen molar-refractivity contribution in [2.45, 2.75) is 76.3 Å². The average molecular weight is 408 g/mol. The molecule has 0 saturated carbocycles. The molecule has 3 rings (SSSR count). The molecule has 6 heteroatoms. The van der Waals surface area contributed by atoms with Crippen LogP contribution in [0, 0.1) is 5.92 Å². The van der Waals surface area contributed by atoms with Crippen LogP contribution in [-0.2, 0) is 16.0 Å². The number of hydrogen-bond donors (Lipinski definition) is 1. The van der Waals surface area contributed by atoms with Crippen LogP contribution in [0.1, 0.15) is 44.6 Å². The summed E-state index contributed by atoms with van der Waals surface area (Å²) in [6, 6.07) is 8.22. The Morgan fingerprint density at radius 2 is 2.04 bits per heavy atom. The van der Waals surface area contributed by atoms with Gasteiger partial charge in [-0.15, -0.1) is 0 Å². The summed E-state index contributed by atoms with van der Waals surface area (Å²) >= 11 is 0. The number of piperidine rings is 1. The molecule has 0 aliphatic carbocycles. The van der Waals surface area contributed by atoms with Crippen LogP contribution in [-0.4, -0.2) is 44.8 Å². The number of rotatable bonds is 7. The second-order valence-electron chi connectivity index (χ2n) is 8.89. The van der Waals surface area contributed by atoms with E-state index in [1.165, 1.54) is 5.56 Å². The van der Waals surface area contributed by atoms with Crippen molar-refractivity contribution in [1.29, 1.82) is 0 Å². The molecule has 0 unspecified atom stereocenters. The quantitative estimate of drug-likeness (QED) is 0.536. The third kappa shape index (κ3) is 4.84. The van der Waals surface area contributed by atoms with Crippen molar-refractivity contribution >= 4 is 20.0 Å². The zero-order chi connectivity index (χ0) is 20.3. The van der Waals surface area contributed by atoms with E-state index in [0.29, 0.717) is 12.8 Å². The zero-order valence-electron chi connectivity index (χ0n) is 17.4. The van der Waals surface area contributed by atoms with E-state index in [0.717, 1.165) is 37.9 Å². The van der Waals surface area contributed by atoms with Crippen molar-refractivity contribution < 1.29 is 18.7 Å². The van der Waals surface area contributed by atoms with E-state index in [1.54, 1.807) is 13.1 Å². The zero-order valence-corrected chi connectivity index (χ0v) is 18.4. The molecule has 0 radical (unpaired) electrons. The number of aliphatic hydroxyl groups is 1. The van der Waals surface area contributed by atoms with Gasteiger partial charge in [0.05, 0.1) is 12.2 Å². The summed E-state index contributed by atoms with van der Waals surface area (Å²) in [5, 5.41) is 9.35. The van der Waals surface area contributed by atoms with Crippen LogP contribution in [0.3, 0.4) is 0 Å². The lowest BCUT2D eigenvalue weighted by molar-refractivity contribution is -0.119. The summed E-state index contributed by atoms with van der Waals surface area (Å²) in [6.45, 7) is 6.44. The predicted molar refractivity (Wildman–Crippen MR) is 113 cm³/mol. The van der Waals surface area contributed by atoms with Crippen LogP contribution >= 0.6 is 0 Å². The van der Waals surface area contributed by atoms with E-state index < -0.39 is 8.41 Å². The molecule has 4 nitrogen and oxygen atoms in total. The lowest BCUT2D eigenvalue weighted by Crippen LogP contribution is -2.36. The fraction of sp³-hybridized carbons (Fsp3) is 0.682. The molecule has 156 valence electrons. The molecule has 2 saturated heterocycles. The molecule has 0 spiro atoms. The van der Waals surface area contributed by atoms with Gasteiger partial charge in [0.15, 0.2) is 0 Å². The molecule has 28 heavy (non-hydrogen) atoms. The van der Waals surface area contributed by atoms with Crippen LogP contribution in [0.5, 0.6) is 0 Å². The summed E-state index contributed by atoms with van der Waals surface area (Å²) in [6.07, 6.45) is 4.71. The first kappa shape index (κ1) is 21.5. The van der Waals surface area contributed by atoms with Gasteiger partial charge in [-0.2, -0.15) is 0 Å². The largest absolute Gasteiger partial charge is 0.396 e. The molecule has 1 aromatic carbocycles. The summed E-state index contributed by atoms with van der Waals surface area (Å²) in [5.41, 5.74) is 2.10. The van der Waals surface area contributed by atoms with Gasteiger partial charge in [-0.25, -0.2) is 0 Å². The smallest absolute Gasteiger partial charge is 0.246 e. The SMILES string of the molecule is C[C@H]1[C@H]([Si](C)(C)F)[C@@H](CCO)O[C@H]1CCc1cccc(N2CCCCC2=O)c1. The van der Waals surface area contributed by atoms with Crippen LogP contribution in [0.2, 0.25) is 18.6 Å². The highest BCUT2D eigenvalue weighted by atomic mass is 28.4. The molecule has 1 N–H and O–H groups in total. The molecule has 0 aromatic heterocycles. The second kappa shape index (κ2) is 9.05. The molecule has 1 amide bonds. The standard InChI is InChI=1S/C22H34FNO3Si/c1-16-19(27-20(12-14-25)22(16)28(2,3)23)11-10-17-7-6-8-18(15-17)24-13-5-4-9-21(24)26/h6-8,15-16,19-20,22,25H,4-5,9-14H2,1-3H3/t16-,19+,20-,22+/m1/s1. The molecule has 4 atom stereocenters. The molecule has 2 aliphatic rings. The first-order chi connectivity index (χ1) is 13.3. The number of carbonyl (C=O) groups excluding carboxylic acids is 1. The number of aryl methyl sites for hydroxylation is 1. The highest BCUT2D eigenvalue weighted by Gasteiger charge is 2.50. The number of hydrogen-bond acceptors (Lipinski definition) is 3. The third-order valence-corrected chi connectivity index (χ3v) is 8.86. The maximum Gasteiger partial charge on any atom is 0.246 e. The van der Waals surface area contributed by atoms with Crippen molar-refractivity contribution in [3.8, 4) is 0 Å². The van der Waals surface area contributed by atoms with Gasteiger partial charge in [0, 0.05) is 30.8 Å². The highest BCUT2D eigenvalue weighted by Crippen LogP contribution is 2.46. The maximum absolute atomic E-state index is 14.9. The number of aliphatic hydroxyl groups excluding tert-OH is 1. The summed E-state index contributed by atoms with van der Waals surface area (Å²) in [7, 11) is -2.86. The Bertz CT molecular complexity index is 678. The van der Waals surface area contributed by atoms with E-state index in [1.807, 2.05) is 17.0 Å². The van der Waals surface area contributed by atoms with E-state index in [4.69, 9.17) is 4.74 Å². The van der Waals surface area contributed by atoms with E-state index >= 15 is 0 Å². The molecule has 2 fully saturated rings. The first-order valence-corrected chi connectivity index (χ1v) is 13.6. The second-order valence-corrected chi connectivity index (χ2v) is 12.7. The summed E-state index contributed by atoms with van der Waals surface area (Å²) in [5.74, 6) is 0.371. The number of benzene rings is 1. The van der Waals surface area contributed by atoms with Gasteiger partial charge in [-0.05, 0) is 68.8 Å². The Kier molecular flexibility index (Phi) is 6.94. The normalized spacial score (nSPS) is 28.8. The number of carbonyl (C=O) groups is 1. The number of nitrogens with zero attached hydrogens (tertiary/aromatic N) is 1. The number of ether oxygens (including phenoxy) is 1. The monoisotopic (exact) mass is 407 g/mol. The van der Waals surface area contributed by atoms with Gasteiger partial charge in [-0.3, -0.25) is 4.79 Å². The fourth-order valence-corrected chi connectivity index (χ4v) is 7.64. The minimum absolute atomic E-state index is 0.0179. The van der Waals surface area contributed by atoms with E-state index in [2.05, 4.69) is 19.1 Å². The van der Waals surface area contributed by atoms with Crippen LogP contribution in [0.15, 0.2) is 24.3 Å². The third-order valence-electron chi connectivity index (χ3n) is 6.37. The minimum Gasteiger partial charge on any atom is -0.396 e. The van der Waals surface area contributed by atoms with Crippen LogP contribution in [0.25, 0.3) is 0 Å². The average Bonchev–Trinajstić information content (AvgIpc) is 2.96. The Morgan fingerprint density at radius 3 is 2.71 bits per heavy atom. The van der Waals surface area contributed by atoms with E-state index in [9.17, 15) is 14.0 Å². The molecular formula is C22H34FNO3Si. The lowest BCUT2D eigenvalue weighted by Gasteiger charge is -2.28. The Hall–Kier alpha value is -1.24. The van der Waals surface area contributed by atoms with Gasteiger partial charge >= 0.3 is 0 Å². The minimum atomic E-state index is -2.86. The van der Waals surface area contributed by atoms with Crippen molar-refractivity contribution in [2.24, 2.45) is 5.92 Å². The van der Waals surface area contributed by atoms with Crippen molar-refractivity contribution in [1.82, 2.24) is 0 Å². The van der Waals surface area contributed by atoms with Gasteiger partial charge < -0.3 is 18.9 Å². The number of amides is 1. The molecule has 2 heterocycles. The molecule has 1 aromatic rings. The Balaban J connectivity index is 1.65. The number of anilines is 1. The van der Waals surface area contributed by atoms with Crippen LogP contribution in [0.4, 0.5) is 9.80 Å². The van der Waals surface area contributed by atoms with E-state index in [-0.39, 0.29) is 36.2 Å². The summed E-state index contributed by atoms with van der Waals surface area (Å²) in [4.78, 5) is 14.1. The van der Waals surface area contributed by atoms with Crippen LogP contribution < -0.4 is 4.90 Å². The predicted octanol–water partition coefficient (Wildman–Crippen LogP) is 4.47. The van der Waals surface area contributed by atoms with Crippen molar-refractivity contribution in [3.05, 3.63) is 29.8 Å². The highest BCUT2D eigenvalue weighted by molar-refractivity contribution is 6.72. The van der Waals surface area contributed by atoms with Gasteiger partial charge in [0.2, 0.25) is 14.3 Å². The summed E-state index contributed by atoms with van der Waals surface area (Å²) < 4.78 is 21.1. The molecule has 2 aliphatic heterocycles. The van der Waals surface area contributed by atoms with Gasteiger partial charge in [0.25, 0.3) is 0 Å². The Morgan fingerprint density at radius 1 is 1.25 bits per heavy atom. The topological polar surface area (TPSA) is 49.8 Å². The van der Waals surface area contributed by atoms with Gasteiger partial charge in [0.1, 0.15) is 0 Å². The number of halogens is 1. The first-order valence-electron chi connectivity index (χ1n) is 10.7. The van der Waals surface area contributed by atoms with Crippen molar-refractivity contribution in [2.75, 3.05) is 18.1 Å². The molecule has 0 bridgehead atoms. The fourth-order valence-electron chi connectivity index (χ4n) is 5.04. The maximum atomic E-state index is 14.9. The van der Waals surface area contributed by atoms with Gasteiger partial charge in [-0.1, -0.05) is 19.1 Å².